The molecule has 2 aliphatic rings. The van der Waals surface area contributed by atoms with Crippen LogP contribution in [0.15, 0.2) is 76.3 Å². The summed E-state index contributed by atoms with van der Waals surface area (Å²) in [6.45, 7) is 4.79. The number of carbonyl (C=O) groups is 1. The highest BCUT2D eigenvalue weighted by Gasteiger charge is 2.36. The number of ether oxygens (including phenoxy) is 3. The predicted molar refractivity (Wildman–Crippen MR) is 155 cm³/mol. The minimum atomic E-state index is -0.517. The number of amidine groups is 2. The molecule has 0 aromatic heterocycles. The molecule has 5 rings (SSSR count). The molecule has 0 saturated heterocycles. The Morgan fingerprint density at radius 2 is 1.79 bits per heavy atom. The third-order valence-corrected chi connectivity index (χ3v) is 7.42. The van der Waals surface area contributed by atoms with Crippen LogP contribution in [-0.2, 0) is 4.79 Å². The van der Waals surface area contributed by atoms with E-state index in [1.807, 2.05) is 43.3 Å². The van der Waals surface area contributed by atoms with Gasteiger partial charge < -0.3 is 14.2 Å². The van der Waals surface area contributed by atoms with E-state index in [2.05, 4.69) is 17.0 Å². The first kappa shape index (κ1) is 26.5. The molecule has 8 nitrogen and oxygen atoms in total. The molecule has 3 aromatic rings. The maximum atomic E-state index is 12.8. The van der Waals surface area contributed by atoms with Crippen LogP contribution in [0.1, 0.15) is 22.3 Å². The first-order valence-corrected chi connectivity index (χ1v) is 13.3. The third kappa shape index (κ3) is 5.69. The van der Waals surface area contributed by atoms with Gasteiger partial charge in [-0.2, -0.15) is 15.1 Å². The van der Waals surface area contributed by atoms with Gasteiger partial charge in [0.15, 0.2) is 17.3 Å². The van der Waals surface area contributed by atoms with Gasteiger partial charge in [-0.15, -0.1) is 0 Å². The summed E-state index contributed by atoms with van der Waals surface area (Å²) in [4.78, 5) is 17.0. The lowest BCUT2D eigenvalue weighted by atomic mass is 10.1. The molecule has 0 radical (unpaired) electrons. The molecule has 2 aliphatic heterocycles. The number of halogens is 1. The Kier molecular flexibility index (Phi) is 7.72. The number of hydrogen-bond donors (Lipinski definition) is 1. The van der Waals surface area contributed by atoms with E-state index in [4.69, 9.17) is 31.2 Å². The summed E-state index contributed by atoms with van der Waals surface area (Å²) in [6, 6.07) is 18.5. The van der Waals surface area contributed by atoms with Crippen molar-refractivity contribution in [1.82, 2.24) is 5.01 Å². The molecular weight excluding hydrogens is 536 g/mol. The lowest BCUT2D eigenvalue weighted by Crippen LogP contribution is -2.35. The van der Waals surface area contributed by atoms with E-state index in [9.17, 15) is 4.79 Å². The number of rotatable bonds is 8. The quantitative estimate of drug-likeness (QED) is 0.264. The minimum absolute atomic E-state index is 0.0673. The number of aryl methyl sites for hydroxylation is 2. The Morgan fingerprint density at radius 1 is 1.00 bits per heavy atom. The Balaban J connectivity index is 1.28. The number of carbonyl (C=O) groups excluding carboxylic acids is 1. The van der Waals surface area contributed by atoms with Crippen LogP contribution in [0.4, 0.5) is 0 Å². The van der Waals surface area contributed by atoms with Gasteiger partial charge in [0.1, 0.15) is 24.0 Å². The van der Waals surface area contributed by atoms with Gasteiger partial charge in [-0.3, -0.25) is 10.2 Å². The van der Waals surface area contributed by atoms with Crippen molar-refractivity contribution in [3.05, 3.63) is 93.5 Å². The van der Waals surface area contributed by atoms with E-state index in [0.717, 1.165) is 5.75 Å². The maximum Gasteiger partial charge on any atom is 0.283 e. The first-order valence-electron chi connectivity index (χ1n) is 12.1. The minimum Gasteiger partial charge on any atom is -0.493 e. The number of aliphatic imine (C=N–C) groups is 1. The lowest BCUT2D eigenvalue weighted by Gasteiger charge is -2.20. The zero-order chi connectivity index (χ0) is 27.5. The molecule has 0 atom stereocenters. The van der Waals surface area contributed by atoms with Crippen LogP contribution < -0.4 is 14.2 Å². The normalized spacial score (nSPS) is 15.7. The van der Waals surface area contributed by atoms with Crippen LogP contribution >= 0.6 is 23.4 Å². The third-order valence-electron chi connectivity index (χ3n) is 6.15. The zero-order valence-electron chi connectivity index (χ0n) is 21.5. The van der Waals surface area contributed by atoms with Crippen LogP contribution in [0, 0.1) is 19.3 Å². The number of thioether (sulfide) groups is 1. The summed E-state index contributed by atoms with van der Waals surface area (Å²) < 4.78 is 17.2. The van der Waals surface area contributed by atoms with Gasteiger partial charge in [0.25, 0.3) is 5.91 Å². The molecule has 0 unspecified atom stereocenters. The topological polar surface area (TPSA) is 96.6 Å². The Hall–Kier alpha value is -4.08. The number of hydrazone groups is 1. The van der Waals surface area contributed by atoms with Gasteiger partial charge in [0.05, 0.1) is 17.7 Å². The van der Waals surface area contributed by atoms with E-state index in [-0.39, 0.29) is 11.4 Å². The molecule has 2 heterocycles. The molecule has 39 heavy (non-hydrogen) atoms. The number of nitrogens with zero attached hydrogens (tertiary/aromatic N) is 3. The highest BCUT2D eigenvalue weighted by atomic mass is 35.5. The van der Waals surface area contributed by atoms with Gasteiger partial charge in [0, 0.05) is 5.56 Å². The second kappa shape index (κ2) is 11.3. The van der Waals surface area contributed by atoms with E-state index in [1.54, 1.807) is 37.5 Å². The number of fused-ring (bicyclic) bond motifs is 1. The summed E-state index contributed by atoms with van der Waals surface area (Å²) in [6.07, 6.45) is 1.59. The summed E-state index contributed by atoms with van der Waals surface area (Å²) in [7, 11) is 1.54. The highest BCUT2D eigenvalue weighted by Crippen LogP contribution is 2.34. The van der Waals surface area contributed by atoms with Gasteiger partial charge >= 0.3 is 0 Å². The smallest absolute Gasteiger partial charge is 0.283 e. The van der Waals surface area contributed by atoms with Crippen LogP contribution in [0.5, 0.6) is 17.2 Å². The van der Waals surface area contributed by atoms with E-state index in [1.165, 1.54) is 27.9 Å². The van der Waals surface area contributed by atoms with E-state index >= 15 is 0 Å². The van der Waals surface area contributed by atoms with Crippen molar-refractivity contribution in [2.75, 3.05) is 20.3 Å². The maximum absolute atomic E-state index is 12.8. The number of hydrogen-bond acceptors (Lipinski definition) is 7. The molecule has 0 bridgehead atoms. The second-order valence-corrected chi connectivity index (χ2v) is 10.1. The van der Waals surface area contributed by atoms with Gasteiger partial charge in [0.2, 0.25) is 5.17 Å². The molecule has 0 saturated carbocycles. The molecule has 0 spiro atoms. The van der Waals surface area contributed by atoms with E-state index < -0.39 is 5.91 Å². The fourth-order valence-electron chi connectivity index (χ4n) is 3.91. The largest absolute Gasteiger partial charge is 0.493 e. The molecule has 198 valence electrons. The van der Waals surface area contributed by atoms with Crippen LogP contribution in [-0.4, -0.2) is 47.3 Å². The van der Waals surface area contributed by atoms with Crippen molar-refractivity contribution < 1.29 is 19.0 Å². The fraction of sp³-hybridized carbons (Fsp3) is 0.172. The van der Waals surface area contributed by atoms with E-state index in [0.29, 0.717) is 51.1 Å². The number of amides is 1. The van der Waals surface area contributed by atoms with Crippen molar-refractivity contribution in [3.63, 3.8) is 0 Å². The molecule has 1 N–H and O–H groups in total. The first-order chi connectivity index (χ1) is 18.8. The van der Waals surface area contributed by atoms with Crippen LogP contribution in [0.2, 0.25) is 5.02 Å². The van der Waals surface area contributed by atoms with Gasteiger partial charge in [-0.1, -0.05) is 41.9 Å². The van der Waals surface area contributed by atoms with Crippen molar-refractivity contribution in [1.29, 1.82) is 5.41 Å². The number of benzene rings is 3. The van der Waals surface area contributed by atoms with Gasteiger partial charge in [-0.25, -0.2) is 0 Å². The van der Waals surface area contributed by atoms with Crippen LogP contribution in [0.25, 0.3) is 6.08 Å². The standard InChI is InChI=1S/C29H25ClN4O4S/c1-17-8-10-20(14-18(17)2)37-12-13-38-24-11-9-19(16-25(24)36-3)15-22-26(31)34-29(32-27(22)35)39-28(33-34)21-6-4-5-7-23(21)30/h4-11,14-16,31H,12-13H2,1-3H3. The molecule has 0 aliphatic carbocycles. The molecular formula is C29H25ClN4O4S. The molecule has 3 aromatic carbocycles. The summed E-state index contributed by atoms with van der Waals surface area (Å²) >= 11 is 7.51. The average molecular weight is 561 g/mol. The molecule has 10 heteroatoms. The molecule has 0 fully saturated rings. The second-order valence-electron chi connectivity index (χ2n) is 8.76. The summed E-state index contributed by atoms with van der Waals surface area (Å²) in [5.41, 5.74) is 3.86. The van der Waals surface area contributed by atoms with Crippen molar-refractivity contribution in [2.45, 2.75) is 13.8 Å². The SMILES string of the molecule is COc1cc(C=C2C(=N)N3N=C(c4ccccc4Cl)SC3=NC2=O)ccc1OCCOc1ccc(C)c(C)c1. The van der Waals surface area contributed by atoms with Crippen molar-refractivity contribution >= 4 is 51.4 Å². The molecule has 1 amide bonds. The Bertz CT molecular complexity index is 1570. The lowest BCUT2D eigenvalue weighted by molar-refractivity contribution is -0.114. The highest BCUT2D eigenvalue weighted by molar-refractivity contribution is 8.27. The Morgan fingerprint density at radius 3 is 2.56 bits per heavy atom. The van der Waals surface area contributed by atoms with Crippen molar-refractivity contribution in [2.24, 2.45) is 10.1 Å². The number of methoxy groups -OCH3 is 1. The van der Waals surface area contributed by atoms with Crippen molar-refractivity contribution in [3.8, 4) is 17.2 Å². The predicted octanol–water partition coefficient (Wildman–Crippen LogP) is 6.09. The zero-order valence-corrected chi connectivity index (χ0v) is 23.1. The van der Waals surface area contributed by atoms with Gasteiger partial charge in [-0.05, 0) is 78.7 Å². The average Bonchev–Trinajstić information content (AvgIpc) is 3.35. The monoisotopic (exact) mass is 560 g/mol. The summed E-state index contributed by atoms with van der Waals surface area (Å²) in [5, 5.41) is 15.9. The Labute approximate surface area is 235 Å². The van der Waals surface area contributed by atoms with Crippen LogP contribution in [0.3, 0.4) is 0 Å². The fourth-order valence-corrected chi connectivity index (χ4v) is 5.12. The number of nitrogens with one attached hydrogen (secondary N) is 1. The summed E-state index contributed by atoms with van der Waals surface area (Å²) in [5.74, 6) is 1.24.